The molecule has 35 heavy (non-hydrogen) atoms. The molecule has 8 heteroatoms. The van der Waals surface area contributed by atoms with E-state index < -0.39 is 17.6 Å². The van der Waals surface area contributed by atoms with Gasteiger partial charge in [-0.15, -0.1) is 0 Å². The van der Waals surface area contributed by atoms with E-state index in [1.54, 1.807) is 63.8 Å². The molecule has 3 aromatic rings. The monoisotopic (exact) mass is 481 g/mol. The third-order valence-electron chi connectivity index (χ3n) is 5.60. The number of nitrogens with two attached hydrogens (primary N) is 1. The first-order valence-corrected chi connectivity index (χ1v) is 11.1. The van der Waals surface area contributed by atoms with Crippen LogP contribution in [-0.4, -0.2) is 37.9 Å². The summed E-state index contributed by atoms with van der Waals surface area (Å²) in [6, 6.07) is 19.9. The highest BCUT2D eigenvalue weighted by Crippen LogP contribution is 2.37. The molecular weight excluding hydrogens is 450 g/mol. The van der Waals surface area contributed by atoms with Gasteiger partial charge in [-0.2, -0.15) is 0 Å². The Labute approximate surface area is 205 Å². The van der Waals surface area contributed by atoms with Crippen LogP contribution in [0.15, 0.2) is 66.7 Å². The van der Waals surface area contributed by atoms with Crippen molar-refractivity contribution < 1.29 is 33.6 Å². The summed E-state index contributed by atoms with van der Waals surface area (Å²) in [4.78, 5) is 11.5. The third kappa shape index (κ3) is 6.80. The Bertz CT molecular complexity index is 1110. The topological polar surface area (TPSA) is 109 Å². The highest BCUT2D eigenvalue weighted by Gasteiger charge is 2.29. The van der Waals surface area contributed by atoms with Crippen LogP contribution < -0.4 is 29.4 Å². The molecule has 3 aromatic carbocycles. The lowest BCUT2D eigenvalue weighted by Gasteiger charge is -2.25. The van der Waals surface area contributed by atoms with Crippen LogP contribution in [-0.2, 0) is 4.79 Å². The molecule has 0 fully saturated rings. The van der Waals surface area contributed by atoms with Gasteiger partial charge in [-0.1, -0.05) is 12.1 Å². The predicted octanol–water partition coefficient (Wildman–Crippen LogP) is 5.21. The van der Waals surface area contributed by atoms with Gasteiger partial charge in [0.25, 0.3) is 0 Å². The molecule has 0 spiro atoms. The molecule has 0 radical (unpaired) electrons. The Balaban J connectivity index is 1.82. The van der Waals surface area contributed by atoms with E-state index in [9.17, 15) is 9.90 Å². The largest absolute Gasteiger partial charge is 0.497 e. The van der Waals surface area contributed by atoms with Crippen LogP contribution in [0.5, 0.6) is 34.5 Å². The standard InChI is InChI=1S/C27H31NO7/c1-27(28,26(29)30)16-15-23(18-5-7-19(31-2)8-6-18)35-22-13-14-24(25(17-22)33-4)34-21-11-9-20(32-3)10-12-21/h5-14,17,23H,15-16,28H2,1-4H3,(H,29,30). The molecule has 0 aliphatic heterocycles. The Morgan fingerprint density at radius 2 is 1.37 bits per heavy atom. The molecule has 0 bridgehead atoms. The van der Waals surface area contributed by atoms with E-state index in [1.807, 2.05) is 24.3 Å². The van der Waals surface area contributed by atoms with Crippen molar-refractivity contribution in [3.8, 4) is 34.5 Å². The second-order valence-electron chi connectivity index (χ2n) is 8.23. The van der Waals surface area contributed by atoms with Gasteiger partial charge in [-0.25, -0.2) is 0 Å². The molecule has 8 nitrogen and oxygen atoms in total. The van der Waals surface area contributed by atoms with E-state index in [1.165, 1.54) is 6.92 Å². The summed E-state index contributed by atoms with van der Waals surface area (Å²) >= 11 is 0. The van der Waals surface area contributed by atoms with E-state index >= 15 is 0 Å². The zero-order chi connectivity index (χ0) is 25.4. The summed E-state index contributed by atoms with van der Waals surface area (Å²) in [5, 5.41) is 9.41. The Kier molecular flexibility index (Phi) is 8.43. The lowest BCUT2D eigenvalue weighted by molar-refractivity contribution is -0.143. The Hall–Kier alpha value is -3.91. The van der Waals surface area contributed by atoms with Crippen LogP contribution in [0.1, 0.15) is 31.4 Å². The lowest BCUT2D eigenvalue weighted by Crippen LogP contribution is -2.45. The summed E-state index contributed by atoms with van der Waals surface area (Å²) in [5.74, 6) is 2.56. The predicted molar refractivity (Wildman–Crippen MR) is 132 cm³/mol. The van der Waals surface area contributed by atoms with Gasteiger partial charge in [0.05, 0.1) is 21.3 Å². The van der Waals surface area contributed by atoms with Crippen LogP contribution >= 0.6 is 0 Å². The number of hydrogen-bond acceptors (Lipinski definition) is 7. The number of benzene rings is 3. The summed E-state index contributed by atoms with van der Waals surface area (Å²) < 4.78 is 28.2. The Morgan fingerprint density at radius 1 is 0.829 bits per heavy atom. The lowest BCUT2D eigenvalue weighted by atomic mass is 9.93. The SMILES string of the molecule is COc1ccc(Oc2ccc(OC(CCC(C)(N)C(=O)O)c3ccc(OC)cc3)cc2OC)cc1. The second-order valence-corrected chi connectivity index (χ2v) is 8.23. The fourth-order valence-corrected chi connectivity index (χ4v) is 3.39. The van der Waals surface area contributed by atoms with E-state index in [-0.39, 0.29) is 6.42 Å². The van der Waals surface area contributed by atoms with Gasteiger partial charge in [0.2, 0.25) is 0 Å². The van der Waals surface area contributed by atoms with Crippen LogP contribution in [0, 0.1) is 0 Å². The van der Waals surface area contributed by atoms with Gasteiger partial charge in [0, 0.05) is 6.07 Å². The first kappa shape index (κ1) is 25.7. The molecule has 2 atom stereocenters. The maximum atomic E-state index is 11.5. The van der Waals surface area contributed by atoms with E-state index in [2.05, 4.69) is 0 Å². The molecule has 3 rings (SSSR count). The number of carboxylic acid groups (broad SMARTS) is 1. The quantitative estimate of drug-likeness (QED) is 0.363. The minimum Gasteiger partial charge on any atom is -0.497 e. The fraction of sp³-hybridized carbons (Fsp3) is 0.296. The van der Waals surface area contributed by atoms with Crippen molar-refractivity contribution in [1.82, 2.24) is 0 Å². The van der Waals surface area contributed by atoms with Gasteiger partial charge in [-0.05, 0) is 73.9 Å². The van der Waals surface area contributed by atoms with Gasteiger partial charge in [0.15, 0.2) is 11.5 Å². The third-order valence-corrected chi connectivity index (χ3v) is 5.60. The van der Waals surface area contributed by atoms with Crippen molar-refractivity contribution in [3.05, 3.63) is 72.3 Å². The van der Waals surface area contributed by atoms with Gasteiger partial charge < -0.3 is 34.5 Å². The van der Waals surface area contributed by atoms with Crippen LogP contribution in [0.2, 0.25) is 0 Å². The molecule has 0 amide bonds. The smallest absolute Gasteiger partial charge is 0.323 e. The zero-order valence-electron chi connectivity index (χ0n) is 20.3. The average molecular weight is 482 g/mol. The fourth-order valence-electron chi connectivity index (χ4n) is 3.39. The van der Waals surface area contributed by atoms with Gasteiger partial charge in [-0.3, -0.25) is 4.79 Å². The summed E-state index contributed by atoms with van der Waals surface area (Å²) in [6.45, 7) is 1.49. The number of hydrogen-bond donors (Lipinski definition) is 2. The number of carboxylic acids is 1. The summed E-state index contributed by atoms with van der Waals surface area (Å²) in [6.07, 6.45) is 0.161. The molecule has 0 aliphatic carbocycles. The number of ether oxygens (including phenoxy) is 5. The maximum absolute atomic E-state index is 11.5. The maximum Gasteiger partial charge on any atom is 0.323 e. The van der Waals surface area contributed by atoms with Gasteiger partial charge >= 0.3 is 5.97 Å². The minimum atomic E-state index is -1.37. The molecule has 0 aliphatic rings. The van der Waals surface area contributed by atoms with Crippen molar-refractivity contribution >= 4 is 5.97 Å². The van der Waals surface area contributed by atoms with E-state index in [4.69, 9.17) is 29.4 Å². The minimum absolute atomic E-state index is 0.217. The van der Waals surface area contributed by atoms with Crippen molar-refractivity contribution in [3.63, 3.8) is 0 Å². The van der Waals surface area contributed by atoms with Crippen molar-refractivity contribution in [2.75, 3.05) is 21.3 Å². The molecule has 0 saturated heterocycles. The first-order valence-electron chi connectivity index (χ1n) is 11.1. The highest BCUT2D eigenvalue weighted by molar-refractivity contribution is 5.77. The molecule has 2 unspecified atom stereocenters. The molecule has 0 heterocycles. The van der Waals surface area contributed by atoms with Crippen LogP contribution in [0.3, 0.4) is 0 Å². The number of carbonyl (C=O) groups is 1. The van der Waals surface area contributed by atoms with Crippen LogP contribution in [0.4, 0.5) is 0 Å². The number of aliphatic carboxylic acids is 1. The van der Waals surface area contributed by atoms with Crippen molar-refractivity contribution in [2.45, 2.75) is 31.4 Å². The van der Waals surface area contributed by atoms with Crippen LogP contribution in [0.25, 0.3) is 0 Å². The molecule has 3 N–H and O–H groups in total. The van der Waals surface area contributed by atoms with Crippen molar-refractivity contribution in [2.24, 2.45) is 5.73 Å². The van der Waals surface area contributed by atoms with E-state index in [0.717, 1.165) is 11.3 Å². The normalized spacial score (nSPS) is 13.3. The van der Waals surface area contributed by atoms with Crippen molar-refractivity contribution in [1.29, 1.82) is 0 Å². The summed E-state index contributed by atoms with van der Waals surface area (Å²) in [5.41, 5.74) is 5.45. The summed E-state index contributed by atoms with van der Waals surface area (Å²) in [7, 11) is 4.75. The second kappa shape index (κ2) is 11.5. The Morgan fingerprint density at radius 3 is 1.91 bits per heavy atom. The first-order chi connectivity index (χ1) is 16.7. The molecule has 0 saturated carbocycles. The average Bonchev–Trinajstić information content (AvgIpc) is 2.87. The molecule has 186 valence electrons. The molecular formula is C27H31NO7. The number of methoxy groups -OCH3 is 3. The zero-order valence-corrected chi connectivity index (χ0v) is 20.3. The molecule has 0 aromatic heterocycles. The highest BCUT2D eigenvalue weighted by atomic mass is 16.5. The van der Waals surface area contributed by atoms with Gasteiger partial charge in [0.1, 0.15) is 34.6 Å². The number of rotatable bonds is 12. The van der Waals surface area contributed by atoms with E-state index in [0.29, 0.717) is 35.2 Å².